The van der Waals surface area contributed by atoms with Crippen molar-refractivity contribution in [3.8, 4) is 0 Å². The zero-order valence-corrected chi connectivity index (χ0v) is 89.7. The van der Waals surface area contributed by atoms with E-state index in [2.05, 4.69) is 186 Å². The Morgan fingerprint density at radius 2 is 0.715 bits per heavy atom. The van der Waals surface area contributed by atoms with E-state index in [9.17, 15) is 61.0 Å². The molecule has 6 saturated heterocycles. The fraction of sp³-hybridized carbons (Fsp3) is 0.624. The Morgan fingerprint density at radius 3 is 1.02 bits per heavy atom. The first-order chi connectivity index (χ1) is 63.5. The van der Waals surface area contributed by atoms with Gasteiger partial charge in [0.1, 0.15) is 137 Å². The highest BCUT2D eigenvalue weighted by Crippen LogP contribution is 2.46. The Kier molecular flexibility index (Phi) is 43.0. The minimum absolute atomic E-state index is 0.0643. The van der Waals surface area contributed by atoms with Crippen LogP contribution in [0, 0.1) is 5.41 Å². The van der Waals surface area contributed by atoms with Crippen LogP contribution in [-0.4, -0.2) is 488 Å². The summed E-state index contributed by atoms with van der Waals surface area (Å²) >= 11 is 0. The van der Waals surface area contributed by atoms with E-state index in [1.54, 1.807) is 62.8 Å². The average Bonchev–Trinajstić information content (AvgIpc) is 1.74. The van der Waals surface area contributed by atoms with Crippen molar-refractivity contribution in [2.45, 2.75) is 186 Å². The van der Waals surface area contributed by atoms with Crippen LogP contribution < -0.4 is 27.5 Å². The molecule has 1 aromatic heterocycles. The highest BCUT2D eigenvalue weighted by Gasteiger charge is 2.52. The lowest BCUT2D eigenvalue weighted by atomic mass is 10.1. The number of aliphatic hydroxyl groups excluding tert-OH is 11. The van der Waals surface area contributed by atoms with Crippen molar-refractivity contribution in [1.82, 2.24) is 54.1 Å². The largest absolute Gasteiger partial charge is 0.391 e. The van der Waals surface area contributed by atoms with Gasteiger partial charge in [-0.25, -0.2) is 19.8 Å². The van der Waals surface area contributed by atoms with E-state index in [4.69, 9.17) is 49.0 Å². The van der Waals surface area contributed by atoms with E-state index >= 15 is 0 Å². The van der Waals surface area contributed by atoms with Crippen LogP contribution in [0.15, 0.2) is 165 Å². The first kappa shape index (κ1) is 117. The third-order valence-corrected chi connectivity index (χ3v) is 32.9. The fourth-order valence-corrected chi connectivity index (χ4v) is 21.6. The van der Waals surface area contributed by atoms with E-state index in [1.807, 2.05) is 78.4 Å². The lowest BCUT2D eigenvalue weighted by molar-refractivity contribution is -0.0709. The number of nitrogens with zero attached hydrogens (tertiary/aromatic N) is 14. The van der Waals surface area contributed by atoms with Crippen molar-refractivity contribution in [2.75, 3.05) is 180 Å². The molecular weight excluding hydrogens is 1870 g/mol. The number of nitrogens with one attached hydrogen (secondary N) is 3. The van der Waals surface area contributed by atoms with Gasteiger partial charge in [-0.3, -0.25) is 24.5 Å². The molecule has 0 spiro atoms. The van der Waals surface area contributed by atoms with Crippen LogP contribution in [0.2, 0.25) is 0 Å². The minimum atomic E-state index is -1.25. The Bertz CT molecular complexity index is 5130. The molecule has 0 aliphatic carbocycles. The van der Waals surface area contributed by atoms with Crippen LogP contribution in [0.25, 0.3) is 0 Å². The number of aliphatic hydroxyl groups is 11. The molecule has 0 saturated carbocycles. The molecule has 0 radical (unpaired) electrons. The predicted octanol–water partition coefficient (Wildman–Crippen LogP) is 2.73. The maximum atomic E-state index is 12.2. The number of likely N-dealkylation sites (N-methyl/N-ethyl adjacent to an activating group) is 2. The topological polar surface area (TPSA) is 482 Å². The van der Waals surface area contributed by atoms with Gasteiger partial charge in [-0.2, -0.15) is 0 Å². The van der Waals surface area contributed by atoms with Gasteiger partial charge in [0.05, 0.1) is 43.2 Å². The molecule has 0 amide bonds. The molecule has 0 unspecified atom stereocenters. The normalized spacial score (nSPS) is 31.8. The highest BCUT2D eigenvalue weighted by molar-refractivity contribution is 7.73. The summed E-state index contributed by atoms with van der Waals surface area (Å²) in [5, 5.41) is 126. The molecule has 24 atom stereocenters. The van der Waals surface area contributed by atoms with Gasteiger partial charge in [-0.05, 0) is 186 Å². The Morgan fingerprint density at radius 1 is 0.438 bits per heavy atom. The van der Waals surface area contributed by atoms with E-state index in [0.717, 1.165) is 71.9 Å². The molecule has 12 rings (SSSR count). The van der Waals surface area contributed by atoms with Gasteiger partial charge >= 0.3 is 5.69 Å². The van der Waals surface area contributed by atoms with Gasteiger partial charge in [0.25, 0.3) is 0 Å². The Balaban J connectivity index is 0.000000224. The second-order valence-corrected chi connectivity index (χ2v) is 66.2. The quantitative estimate of drug-likeness (QED) is 0.0563. The molecule has 38 nitrogen and oxygen atoms in total. The van der Waals surface area contributed by atoms with Crippen molar-refractivity contribution >= 4 is 108 Å². The van der Waals surface area contributed by atoms with Crippen LogP contribution >= 0.6 is 41.3 Å². The number of aliphatic imine (C=N–C) groups is 5. The standard InChI is InChI=1S/C17H30N3O3P.2C16H28N3O3P.C15H26N3O4P.C15H26N3O3P.C14H24N3O4P/c1-12-18-14(19(2)3)8-10-20(12)17-16(22-4)15(21)13(23-17)9-11-24(5,6)7;1-11-17-13(18(2)3)7-9-19(11)16-15(21)14(20)12(22-16)8-10-23(4,5)6;1-11-18-13(17-2)7-9-19(11)16-15(21-3)14(20)12(22-16)8-10-23(4,5)6;1-9-17-14(16)10(8-19)7-18(9)15-13(21)12(20)11(22-15)5-6-23(2,3)4;1-10-17-12(16-2)6-8-18(10)15-14(20)13(19)11(21-15)7-9-22(3,4)5;1-16-10(15)5-7-17(14(16)20)13-12(19)11(18)9(21-13)6-8-22(2,3)4/h8,10,13,15-17,21H,1,5,9,11H2,2-4,6-7H3;7,9,12,14-16,20-21H,1,4,8,10H2,2-3,5-6H3;7,9,12,14-16,20H,1,4,8,10H2,2-3,5-6H3,(H,17,18);7,11-13,15,19-21H,1-2,5-6,8H2,3-4H3,(H2,16,17);6,8,11,13-15,19-20H,1,3,7,9H2,2,4-5H3,(H,16,17);5,7,9,11-13,15,18-19H,2,6,8H2,1,3-4H3/t13-,15-,16-,17-;2*12-,14-,15-,16-;11-,12-,13-,15-;11-,13-,14-,15-;9-,11-,12-,13-/m111111/s1. The maximum Gasteiger partial charge on any atom is 0.331 e. The fourth-order valence-electron chi connectivity index (χ4n) is 15.8. The summed E-state index contributed by atoms with van der Waals surface area (Å²) in [6.45, 7) is 37.9. The molecule has 774 valence electrons. The van der Waals surface area contributed by atoms with Crippen LogP contribution in [-0.2, 0) is 44.9 Å². The summed E-state index contributed by atoms with van der Waals surface area (Å²) < 4.78 is 49.0. The van der Waals surface area contributed by atoms with Crippen LogP contribution in [0.4, 0.5) is 0 Å². The summed E-state index contributed by atoms with van der Waals surface area (Å²) in [4.78, 5) is 45.6. The number of hydrogen-bond donors (Lipinski definition) is 15. The van der Waals surface area contributed by atoms with Crippen molar-refractivity contribution in [3.63, 3.8) is 0 Å². The SMILES string of the molecule is C=C1N=C(N(C)C)C=CN1[C@@H]1O[C@H](CCP(=C)(C)C)[C@@H](O)[C@H]1O.C=C1N=C(N(C)C)C=CN1[C@@H]1O[C@H](CCP(=C)(C)C)[C@@H](O)[C@H]1OC.C=C1N=C(N)C(CO)=CN1[C@@H]1O[C@H](CCP(=C)(C)C)[C@@H](O)[C@H]1O.C=C1NC(=NC)C=CN1[C@@H]1O[C@H](CCP(=C)(C)C)[C@@H](O)[C@H]1O.C=C1NC(=NC)C=CN1[C@@H]1O[C@H](CCP(=C)(C)C)[C@@H](O)[C@H]1OC.C=P(C)(C)CC[C@H]1O[C@@H](n2ccc(=N)n(C)c2=O)[C@H](O)[C@@H]1O. The zero-order valence-electron chi connectivity index (χ0n) is 84.3. The van der Waals surface area contributed by atoms with Gasteiger partial charge in [0, 0.05) is 106 Å². The first-order valence-electron chi connectivity index (χ1n) is 45.4. The molecule has 0 aromatic carbocycles. The molecular formula is C93H162N18O20P6. The predicted molar refractivity (Wildman–Crippen MR) is 570 cm³/mol. The number of nitrogens with two attached hydrogens (primary N) is 1. The Labute approximate surface area is 812 Å². The zero-order chi connectivity index (χ0) is 103. The maximum absolute atomic E-state index is 12.2. The summed E-state index contributed by atoms with van der Waals surface area (Å²) in [6, 6.07) is 1.45. The number of rotatable bonds is 27. The minimum Gasteiger partial charge on any atom is -0.391 e. The molecule has 137 heavy (non-hydrogen) atoms. The summed E-state index contributed by atoms with van der Waals surface area (Å²) in [5.74, 6) is 5.77. The molecule has 6 fully saturated rings. The molecule has 1 aromatic rings. The van der Waals surface area contributed by atoms with Gasteiger partial charge < -0.3 is 145 Å². The average molecular weight is 2040 g/mol. The van der Waals surface area contributed by atoms with Crippen molar-refractivity contribution < 1.29 is 94.1 Å². The van der Waals surface area contributed by atoms with Crippen molar-refractivity contribution in [2.24, 2.45) is 37.7 Å². The Hall–Kier alpha value is -6.53. The lowest BCUT2D eigenvalue weighted by Gasteiger charge is -2.34. The van der Waals surface area contributed by atoms with Gasteiger partial charge in [-0.15, -0.1) is 79.1 Å². The third kappa shape index (κ3) is 33.0. The van der Waals surface area contributed by atoms with Gasteiger partial charge in [0.2, 0.25) is 0 Å². The second-order valence-electron chi connectivity index (χ2n) is 40.3. The highest BCUT2D eigenvalue weighted by atomic mass is 31.2. The van der Waals surface area contributed by atoms with E-state index in [1.165, 1.54) is 28.8 Å². The molecule has 12 heterocycles. The smallest absolute Gasteiger partial charge is 0.331 e. The molecule has 11 aliphatic rings. The summed E-state index contributed by atoms with van der Waals surface area (Å²) in [5.41, 5.74) is 5.72. The van der Waals surface area contributed by atoms with E-state index in [0.29, 0.717) is 66.2 Å². The number of amidine groups is 5. The number of methoxy groups -OCH3 is 2. The van der Waals surface area contributed by atoms with Crippen LogP contribution in [0.1, 0.15) is 44.8 Å². The molecule has 16 N–H and O–H groups in total. The number of hydrogen-bond acceptors (Lipinski definition) is 34. The summed E-state index contributed by atoms with van der Waals surface area (Å²) in [7, 11) is 15.7. The number of aromatic nitrogens is 2. The monoisotopic (exact) mass is 2040 g/mol. The first-order valence-corrected chi connectivity index (χ1v) is 63.7. The van der Waals surface area contributed by atoms with Crippen LogP contribution in [0.5, 0.6) is 0 Å². The van der Waals surface area contributed by atoms with Gasteiger partial charge in [-0.1, -0.05) is 32.9 Å². The van der Waals surface area contributed by atoms with E-state index < -0.39 is 176 Å². The van der Waals surface area contributed by atoms with E-state index in [-0.39, 0.29) is 36.2 Å². The molecule has 0 bridgehead atoms. The van der Waals surface area contributed by atoms with Crippen molar-refractivity contribution in [1.29, 1.82) is 5.41 Å². The molecule has 11 aliphatic heterocycles. The second kappa shape index (κ2) is 50.1. The van der Waals surface area contributed by atoms with Crippen molar-refractivity contribution in [3.05, 3.63) is 151 Å². The van der Waals surface area contributed by atoms with Crippen LogP contribution in [0.3, 0.4) is 0 Å². The lowest BCUT2D eigenvalue weighted by Crippen LogP contribution is -2.47. The van der Waals surface area contributed by atoms with Gasteiger partial charge in [0.15, 0.2) is 37.4 Å². The molecule has 44 heteroatoms. The third-order valence-electron chi connectivity index (χ3n) is 24.1. The summed E-state index contributed by atoms with van der Waals surface area (Å²) in [6.07, 6.45) is 35.7. The number of ether oxygens (including phenoxy) is 8.